The average Bonchev–Trinajstić information content (AvgIpc) is 3.18. The van der Waals surface area contributed by atoms with Crippen molar-refractivity contribution < 1.29 is 28.6 Å². The van der Waals surface area contributed by atoms with Crippen molar-refractivity contribution in [2.24, 2.45) is 0 Å². The summed E-state index contributed by atoms with van der Waals surface area (Å²) in [6.07, 6.45) is 1.77. The zero-order valence-electron chi connectivity index (χ0n) is 19.1. The molecule has 1 heterocycles. The molecule has 2 aromatic rings. The molecule has 0 atom stereocenters. The van der Waals surface area contributed by atoms with Crippen LogP contribution in [0.4, 0.5) is 16.2 Å². The van der Waals surface area contributed by atoms with Crippen LogP contribution >= 0.6 is 0 Å². The second kappa shape index (κ2) is 11.2. The van der Waals surface area contributed by atoms with Crippen LogP contribution < -0.4 is 19.7 Å². The highest BCUT2D eigenvalue weighted by Gasteiger charge is 2.31. The molecule has 1 aliphatic rings. The number of anilines is 2. The van der Waals surface area contributed by atoms with Gasteiger partial charge in [-0.15, -0.1) is 0 Å². The number of esters is 1. The Morgan fingerprint density at radius 1 is 1.00 bits per heavy atom. The lowest BCUT2D eigenvalue weighted by molar-refractivity contribution is -0.116. The largest absolute Gasteiger partial charge is 0.493 e. The topological polar surface area (TPSA) is 97.4 Å². The predicted octanol–water partition coefficient (Wildman–Crippen LogP) is 3.54. The molecule has 0 saturated carbocycles. The van der Waals surface area contributed by atoms with E-state index in [0.717, 1.165) is 12.8 Å². The van der Waals surface area contributed by atoms with Crippen LogP contribution in [0.3, 0.4) is 0 Å². The number of nitrogens with one attached hydrogen (secondary N) is 1. The van der Waals surface area contributed by atoms with Crippen LogP contribution in [0.5, 0.6) is 11.5 Å². The summed E-state index contributed by atoms with van der Waals surface area (Å²) in [5.74, 6) is 0.385. The highest BCUT2D eigenvalue weighted by Crippen LogP contribution is 2.32. The third-order valence-corrected chi connectivity index (χ3v) is 5.24. The molecule has 176 valence electrons. The third kappa shape index (κ3) is 5.94. The maximum absolute atomic E-state index is 12.8. The zero-order valence-corrected chi connectivity index (χ0v) is 19.1. The van der Waals surface area contributed by atoms with Gasteiger partial charge in [0, 0.05) is 30.5 Å². The monoisotopic (exact) mass is 455 g/mol. The van der Waals surface area contributed by atoms with E-state index < -0.39 is 0 Å². The summed E-state index contributed by atoms with van der Waals surface area (Å²) < 4.78 is 15.7. The number of hydrogen-bond donors (Lipinski definition) is 1. The second-order valence-corrected chi connectivity index (χ2v) is 7.51. The fourth-order valence-electron chi connectivity index (χ4n) is 3.42. The molecule has 0 unspecified atom stereocenters. The van der Waals surface area contributed by atoms with E-state index in [1.165, 1.54) is 12.0 Å². The summed E-state index contributed by atoms with van der Waals surface area (Å²) in [7, 11) is 3.08. The van der Waals surface area contributed by atoms with E-state index in [1.807, 2.05) is 6.92 Å². The number of carbonyl (C=O) groups excluding carboxylic acids is 3. The Balaban J connectivity index is 1.55. The third-order valence-electron chi connectivity index (χ3n) is 5.24. The molecule has 0 spiro atoms. The van der Waals surface area contributed by atoms with Gasteiger partial charge in [-0.25, -0.2) is 9.59 Å². The number of nitrogens with zero attached hydrogens (tertiary/aromatic N) is 2. The van der Waals surface area contributed by atoms with Gasteiger partial charge in [0.25, 0.3) is 0 Å². The van der Waals surface area contributed by atoms with Crippen molar-refractivity contribution in [1.29, 1.82) is 0 Å². The minimum absolute atomic E-state index is 0.0799. The number of ether oxygens (including phenoxy) is 3. The first-order valence-electron chi connectivity index (χ1n) is 10.8. The van der Waals surface area contributed by atoms with Gasteiger partial charge in [-0.1, -0.05) is 13.3 Å². The van der Waals surface area contributed by atoms with Gasteiger partial charge in [0.15, 0.2) is 11.5 Å². The molecule has 0 aliphatic carbocycles. The molecule has 0 bridgehead atoms. The lowest BCUT2D eigenvalue weighted by atomic mass is 10.2. The van der Waals surface area contributed by atoms with Crippen LogP contribution in [-0.4, -0.2) is 63.3 Å². The minimum Gasteiger partial charge on any atom is -0.493 e. The Labute approximate surface area is 193 Å². The van der Waals surface area contributed by atoms with Gasteiger partial charge in [0.2, 0.25) is 5.91 Å². The van der Waals surface area contributed by atoms with Crippen LogP contribution in [0.1, 0.15) is 30.1 Å². The Bertz CT molecular complexity index is 992. The van der Waals surface area contributed by atoms with Crippen molar-refractivity contribution in [3.63, 3.8) is 0 Å². The van der Waals surface area contributed by atoms with E-state index >= 15 is 0 Å². The van der Waals surface area contributed by atoms with Gasteiger partial charge in [0.1, 0.15) is 6.54 Å². The molecule has 0 aromatic heterocycles. The fourth-order valence-corrected chi connectivity index (χ4v) is 3.42. The summed E-state index contributed by atoms with van der Waals surface area (Å²) in [6, 6.07) is 11.5. The normalized spacial score (nSPS) is 13.1. The molecule has 33 heavy (non-hydrogen) atoms. The number of urea groups is 1. The van der Waals surface area contributed by atoms with Crippen LogP contribution in [0.25, 0.3) is 0 Å². The second-order valence-electron chi connectivity index (χ2n) is 7.51. The molecular weight excluding hydrogens is 426 g/mol. The van der Waals surface area contributed by atoms with Gasteiger partial charge >= 0.3 is 12.0 Å². The maximum atomic E-state index is 12.8. The number of benzene rings is 2. The first-order valence-corrected chi connectivity index (χ1v) is 10.8. The van der Waals surface area contributed by atoms with Crippen LogP contribution in [0.2, 0.25) is 0 Å². The van der Waals surface area contributed by atoms with Crippen molar-refractivity contribution in [2.45, 2.75) is 19.8 Å². The van der Waals surface area contributed by atoms with Gasteiger partial charge in [0.05, 0.1) is 26.4 Å². The molecular formula is C24H29N3O6. The number of amides is 3. The van der Waals surface area contributed by atoms with E-state index in [-0.39, 0.29) is 24.5 Å². The summed E-state index contributed by atoms with van der Waals surface area (Å²) in [5.41, 5.74) is 1.62. The van der Waals surface area contributed by atoms with Crippen LogP contribution in [-0.2, 0) is 9.53 Å². The number of hydrogen-bond acceptors (Lipinski definition) is 6. The van der Waals surface area contributed by atoms with E-state index in [1.54, 1.807) is 54.5 Å². The van der Waals surface area contributed by atoms with Gasteiger partial charge < -0.3 is 24.4 Å². The van der Waals surface area contributed by atoms with Crippen LogP contribution in [0.15, 0.2) is 42.5 Å². The highest BCUT2D eigenvalue weighted by atomic mass is 16.5. The Morgan fingerprint density at radius 3 is 2.39 bits per heavy atom. The number of carbonyl (C=O) groups is 3. The van der Waals surface area contributed by atoms with Crippen molar-refractivity contribution in [3.05, 3.63) is 48.0 Å². The SMILES string of the molecule is CCCCOC(=O)c1ccc(NC(=O)CN2CCN(c3ccc(OC)c(OC)c3)C2=O)cc1. The first-order chi connectivity index (χ1) is 16.0. The summed E-state index contributed by atoms with van der Waals surface area (Å²) >= 11 is 0. The van der Waals surface area contributed by atoms with Gasteiger partial charge in [-0.2, -0.15) is 0 Å². The maximum Gasteiger partial charge on any atom is 0.338 e. The Kier molecular flexibility index (Phi) is 8.12. The summed E-state index contributed by atoms with van der Waals surface area (Å²) in [6.45, 7) is 3.20. The number of unbranched alkanes of at least 4 members (excludes halogenated alkanes) is 1. The van der Waals surface area contributed by atoms with E-state index in [0.29, 0.717) is 48.1 Å². The first kappa shape index (κ1) is 23.9. The molecule has 1 saturated heterocycles. The molecule has 3 rings (SSSR count). The molecule has 3 amide bonds. The lowest BCUT2D eigenvalue weighted by Gasteiger charge is -2.19. The van der Waals surface area contributed by atoms with Crippen molar-refractivity contribution in [1.82, 2.24) is 4.90 Å². The fraction of sp³-hybridized carbons (Fsp3) is 0.375. The standard InChI is InChI=1S/C24H29N3O6/c1-4-5-14-33-23(29)17-6-8-18(9-7-17)25-22(28)16-26-12-13-27(24(26)30)19-10-11-20(31-2)21(15-19)32-3/h6-11,15H,4-5,12-14,16H2,1-3H3,(H,25,28). The molecule has 9 nitrogen and oxygen atoms in total. The molecule has 9 heteroatoms. The van der Waals surface area contributed by atoms with Gasteiger partial charge in [-0.05, 0) is 42.8 Å². The van der Waals surface area contributed by atoms with Crippen molar-refractivity contribution in [2.75, 3.05) is 50.7 Å². The molecule has 1 fully saturated rings. The Hall–Kier alpha value is -3.75. The summed E-state index contributed by atoms with van der Waals surface area (Å²) in [5, 5.41) is 2.76. The van der Waals surface area contributed by atoms with E-state index in [2.05, 4.69) is 5.32 Å². The van der Waals surface area contributed by atoms with E-state index in [9.17, 15) is 14.4 Å². The summed E-state index contributed by atoms with van der Waals surface area (Å²) in [4.78, 5) is 40.3. The predicted molar refractivity (Wildman–Crippen MR) is 124 cm³/mol. The van der Waals surface area contributed by atoms with Gasteiger partial charge in [-0.3, -0.25) is 9.69 Å². The molecule has 0 radical (unpaired) electrons. The zero-order chi connectivity index (χ0) is 23.8. The molecule has 1 N–H and O–H groups in total. The average molecular weight is 456 g/mol. The Morgan fingerprint density at radius 2 is 1.73 bits per heavy atom. The van der Waals surface area contributed by atoms with Crippen molar-refractivity contribution >= 4 is 29.3 Å². The lowest BCUT2D eigenvalue weighted by Crippen LogP contribution is -2.37. The van der Waals surface area contributed by atoms with E-state index in [4.69, 9.17) is 14.2 Å². The molecule has 2 aromatic carbocycles. The number of rotatable bonds is 10. The van der Waals surface area contributed by atoms with Crippen molar-refractivity contribution in [3.8, 4) is 11.5 Å². The highest BCUT2D eigenvalue weighted by molar-refractivity contribution is 5.99. The smallest absolute Gasteiger partial charge is 0.338 e. The minimum atomic E-state index is -0.390. The molecule has 1 aliphatic heterocycles. The quantitative estimate of drug-likeness (QED) is 0.435. The number of methoxy groups -OCH3 is 2. The van der Waals surface area contributed by atoms with Crippen LogP contribution in [0, 0.1) is 0 Å².